The smallest absolute Gasteiger partial charge is 0.257 e. The van der Waals surface area contributed by atoms with Crippen molar-refractivity contribution < 1.29 is 4.79 Å². The second kappa shape index (κ2) is 6.86. The van der Waals surface area contributed by atoms with Gasteiger partial charge in [-0.05, 0) is 62.4 Å². The van der Waals surface area contributed by atoms with E-state index in [1.807, 2.05) is 19.1 Å². The van der Waals surface area contributed by atoms with Crippen LogP contribution in [0.5, 0.6) is 0 Å². The third-order valence-electron chi connectivity index (χ3n) is 4.71. The lowest BCUT2D eigenvalue weighted by atomic mass is 10.0. The Morgan fingerprint density at radius 1 is 1.08 bits per heavy atom. The van der Waals surface area contributed by atoms with E-state index in [9.17, 15) is 4.79 Å². The molecule has 0 aliphatic carbocycles. The molecule has 1 heterocycles. The first kappa shape index (κ1) is 16.8. The Morgan fingerprint density at radius 2 is 1.75 bits per heavy atom. The van der Waals surface area contributed by atoms with Crippen LogP contribution in [-0.2, 0) is 0 Å². The summed E-state index contributed by atoms with van der Waals surface area (Å²) in [5, 5.41) is 3.55. The first-order valence-electron chi connectivity index (χ1n) is 8.40. The number of carbonyl (C=O) groups is 1. The van der Waals surface area contributed by atoms with Crippen molar-refractivity contribution in [1.29, 1.82) is 0 Å². The van der Waals surface area contributed by atoms with Crippen LogP contribution in [0.4, 0.5) is 11.4 Å². The average molecular weight is 343 g/mol. The van der Waals surface area contributed by atoms with Crippen molar-refractivity contribution in [3.8, 4) is 0 Å². The Balaban J connectivity index is 1.97. The van der Waals surface area contributed by atoms with Gasteiger partial charge in [0.15, 0.2) is 0 Å². The van der Waals surface area contributed by atoms with Gasteiger partial charge in [0, 0.05) is 24.5 Å². The van der Waals surface area contributed by atoms with Crippen LogP contribution in [0, 0.1) is 20.8 Å². The van der Waals surface area contributed by atoms with Crippen LogP contribution >= 0.6 is 11.6 Å². The number of nitrogens with zero attached hydrogens (tertiary/aromatic N) is 1. The van der Waals surface area contributed by atoms with Gasteiger partial charge >= 0.3 is 0 Å². The summed E-state index contributed by atoms with van der Waals surface area (Å²) in [6.07, 6.45) is 2.46. The molecule has 2 aromatic carbocycles. The Bertz CT molecular complexity index is 779. The fourth-order valence-electron chi connectivity index (χ4n) is 3.62. The van der Waals surface area contributed by atoms with Gasteiger partial charge in [-0.2, -0.15) is 0 Å². The summed E-state index contributed by atoms with van der Waals surface area (Å²) < 4.78 is 0. The number of hydrogen-bond acceptors (Lipinski definition) is 2. The highest BCUT2D eigenvalue weighted by atomic mass is 35.5. The van der Waals surface area contributed by atoms with E-state index in [4.69, 9.17) is 11.6 Å². The van der Waals surface area contributed by atoms with Crippen molar-refractivity contribution >= 4 is 28.9 Å². The number of carbonyl (C=O) groups excluding carboxylic acids is 1. The van der Waals surface area contributed by atoms with Crippen molar-refractivity contribution in [2.24, 2.45) is 0 Å². The minimum atomic E-state index is -0.164. The maximum Gasteiger partial charge on any atom is 0.257 e. The zero-order valence-corrected chi connectivity index (χ0v) is 15.2. The number of benzene rings is 2. The fourth-order valence-corrected chi connectivity index (χ4v) is 3.84. The molecule has 0 unspecified atom stereocenters. The van der Waals surface area contributed by atoms with E-state index < -0.39 is 0 Å². The zero-order valence-electron chi connectivity index (χ0n) is 14.4. The van der Waals surface area contributed by atoms with Crippen molar-refractivity contribution in [3.63, 3.8) is 0 Å². The number of amides is 1. The Kier molecular flexibility index (Phi) is 4.81. The molecule has 1 N–H and O–H groups in total. The molecule has 1 aliphatic heterocycles. The topological polar surface area (TPSA) is 32.3 Å². The lowest BCUT2D eigenvalue weighted by Gasteiger charge is -2.26. The fraction of sp³-hybridized carbons (Fsp3) is 0.350. The second-order valence-corrected chi connectivity index (χ2v) is 6.89. The number of hydrogen-bond donors (Lipinski definition) is 1. The number of aryl methyl sites for hydroxylation is 2. The van der Waals surface area contributed by atoms with Gasteiger partial charge in [-0.25, -0.2) is 0 Å². The van der Waals surface area contributed by atoms with Crippen molar-refractivity contribution in [3.05, 3.63) is 57.6 Å². The van der Waals surface area contributed by atoms with Gasteiger partial charge in [-0.15, -0.1) is 0 Å². The minimum Gasteiger partial charge on any atom is -0.371 e. The Morgan fingerprint density at radius 3 is 2.42 bits per heavy atom. The van der Waals surface area contributed by atoms with Crippen LogP contribution in [0.2, 0.25) is 5.02 Å². The van der Waals surface area contributed by atoms with Crippen LogP contribution in [0.25, 0.3) is 0 Å². The molecule has 0 bridgehead atoms. The summed E-state index contributed by atoms with van der Waals surface area (Å²) >= 11 is 6.16. The summed E-state index contributed by atoms with van der Waals surface area (Å²) in [7, 11) is 0. The van der Waals surface area contributed by atoms with E-state index in [-0.39, 0.29) is 5.91 Å². The average Bonchev–Trinajstić information content (AvgIpc) is 3.05. The summed E-state index contributed by atoms with van der Waals surface area (Å²) in [6, 6.07) is 9.29. The van der Waals surface area contributed by atoms with E-state index in [1.165, 1.54) is 24.1 Å². The third kappa shape index (κ3) is 3.13. The molecule has 1 aliphatic rings. The minimum absolute atomic E-state index is 0.164. The second-order valence-electron chi connectivity index (χ2n) is 6.49. The standard InChI is InChI=1S/C20H23ClN2O/c1-13-12-14(2)19(23-10-6-7-11-23)15(3)18(13)22-20(24)16-8-4-5-9-17(16)21/h4-5,8-9,12H,6-7,10-11H2,1-3H3,(H,22,24). The first-order valence-corrected chi connectivity index (χ1v) is 8.78. The molecule has 126 valence electrons. The van der Waals surface area contributed by atoms with Gasteiger partial charge in [-0.3, -0.25) is 4.79 Å². The third-order valence-corrected chi connectivity index (χ3v) is 5.04. The monoisotopic (exact) mass is 342 g/mol. The maximum atomic E-state index is 12.6. The summed E-state index contributed by atoms with van der Waals surface area (Å²) in [5.41, 5.74) is 6.13. The summed E-state index contributed by atoms with van der Waals surface area (Å²) in [5.74, 6) is -0.164. The van der Waals surface area contributed by atoms with Crippen molar-refractivity contribution in [2.75, 3.05) is 23.3 Å². The molecule has 0 saturated carbocycles. The highest BCUT2D eigenvalue weighted by molar-refractivity contribution is 6.34. The van der Waals surface area contributed by atoms with E-state index in [0.717, 1.165) is 29.9 Å². The normalized spacial score (nSPS) is 14.1. The SMILES string of the molecule is Cc1cc(C)c(N2CCCC2)c(C)c1NC(=O)c1ccccc1Cl. The lowest BCUT2D eigenvalue weighted by Crippen LogP contribution is -2.22. The van der Waals surface area contributed by atoms with E-state index in [2.05, 4.69) is 30.1 Å². The molecule has 1 fully saturated rings. The molecule has 0 aromatic heterocycles. The molecule has 1 amide bonds. The molecule has 2 aromatic rings. The van der Waals surface area contributed by atoms with Crippen LogP contribution in [0.3, 0.4) is 0 Å². The molecule has 0 radical (unpaired) electrons. The van der Waals surface area contributed by atoms with E-state index in [1.54, 1.807) is 12.1 Å². The van der Waals surface area contributed by atoms with Gasteiger partial charge in [0.1, 0.15) is 0 Å². The van der Waals surface area contributed by atoms with Gasteiger partial charge in [0.2, 0.25) is 0 Å². The van der Waals surface area contributed by atoms with E-state index in [0.29, 0.717) is 10.6 Å². The molecule has 0 spiro atoms. The van der Waals surface area contributed by atoms with Gasteiger partial charge in [-0.1, -0.05) is 29.8 Å². The van der Waals surface area contributed by atoms with E-state index >= 15 is 0 Å². The van der Waals surface area contributed by atoms with Gasteiger partial charge < -0.3 is 10.2 Å². The molecular weight excluding hydrogens is 320 g/mol. The number of rotatable bonds is 3. The predicted octanol–water partition coefficient (Wildman–Crippen LogP) is 5.12. The largest absolute Gasteiger partial charge is 0.371 e. The quantitative estimate of drug-likeness (QED) is 0.839. The summed E-state index contributed by atoms with van der Waals surface area (Å²) in [6.45, 7) is 8.45. The molecule has 4 heteroatoms. The van der Waals surface area contributed by atoms with Gasteiger partial charge in [0.05, 0.1) is 10.6 Å². The highest BCUT2D eigenvalue weighted by Crippen LogP contribution is 2.35. The van der Waals surface area contributed by atoms with Crippen LogP contribution < -0.4 is 10.2 Å². The maximum absolute atomic E-state index is 12.6. The molecule has 0 atom stereocenters. The van der Waals surface area contributed by atoms with Crippen molar-refractivity contribution in [2.45, 2.75) is 33.6 Å². The zero-order chi connectivity index (χ0) is 17.3. The number of nitrogens with one attached hydrogen (secondary N) is 1. The first-order chi connectivity index (χ1) is 11.5. The van der Waals surface area contributed by atoms with Gasteiger partial charge in [0.25, 0.3) is 5.91 Å². The Hall–Kier alpha value is -2.00. The summed E-state index contributed by atoms with van der Waals surface area (Å²) in [4.78, 5) is 15.1. The van der Waals surface area contributed by atoms with Crippen LogP contribution in [0.15, 0.2) is 30.3 Å². The lowest BCUT2D eigenvalue weighted by molar-refractivity contribution is 0.102. The van der Waals surface area contributed by atoms with Crippen LogP contribution in [-0.4, -0.2) is 19.0 Å². The predicted molar refractivity (Wildman–Crippen MR) is 102 cm³/mol. The van der Waals surface area contributed by atoms with Crippen LogP contribution in [0.1, 0.15) is 39.9 Å². The molecular formula is C20H23ClN2O. The molecule has 3 nitrogen and oxygen atoms in total. The molecule has 1 saturated heterocycles. The number of halogens is 1. The Labute approximate surface area is 148 Å². The van der Waals surface area contributed by atoms with Crippen molar-refractivity contribution in [1.82, 2.24) is 0 Å². The number of anilines is 2. The highest BCUT2D eigenvalue weighted by Gasteiger charge is 2.21. The molecule has 24 heavy (non-hydrogen) atoms. The molecule has 3 rings (SSSR count).